The van der Waals surface area contributed by atoms with E-state index in [4.69, 9.17) is 27.6 Å². The highest BCUT2D eigenvalue weighted by molar-refractivity contribution is 6.36. The maximum Gasteiger partial charge on any atom is 0.450 e. The third kappa shape index (κ3) is 4.15. The molecule has 0 saturated heterocycles. The lowest BCUT2D eigenvalue weighted by atomic mass is 10.00. The zero-order chi connectivity index (χ0) is 22.2. The second kappa shape index (κ2) is 8.49. The van der Waals surface area contributed by atoms with Crippen molar-refractivity contribution >= 4 is 34.2 Å². The SMILES string of the molecule is CC[NH+](CC)Cc1c(O)ccc2c(=O)c(-c3ccc(Cl)cc3Cl)c(C(F)(F)F)oc12. The highest BCUT2D eigenvalue weighted by Crippen LogP contribution is 2.41. The van der Waals surface area contributed by atoms with Crippen LogP contribution in [0.1, 0.15) is 25.2 Å². The second-order valence-corrected chi connectivity index (χ2v) is 7.67. The van der Waals surface area contributed by atoms with E-state index in [2.05, 4.69) is 0 Å². The molecule has 0 amide bonds. The number of aromatic hydroxyl groups is 1. The summed E-state index contributed by atoms with van der Waals surface area (Å²) in [6.07, 6.45) is -4.96. The molecule has 1 aromatic heterocycles. The summed E-state index contributed by atoms with van der Waals surface area (Å²) in [5.74, 6) is -1.69. The number of hydrogen-bond acceptors (Lipinski definition) is 3. The van der Waals surface area contributed by atoms with Crippen LogP contribution in [0.4, 0.5) is 13.2 Å². The molecule has 0 spiro atoms. The van der Waals surface area contributed by atoms with Crippen LogP contribution in [0, 0.1) is 0 Å². The van der Waals surface area contributed by atoms with Crippen molar-refractivity contribution < 1.29 is 27.6 Å². The van der Waals surface area contributed by atoms with Crippen molar-refractivity contribution in [3.05, 3.63) is 61.9 Å². The smallest absolute Gasteiger partial charge is 0.450 e. The van der Waals surface area contributed by atoms with Crippen molar-refractivity contribution in [2.75, 3.05) is 13.1 Å². The molecule has 0 aliphatic heterocycles. The Balaban J connectivity index is 2.41. The summed E-state index contributed by atoms with van der Waals surface area (Å²) in [6.45, 7) is 5.40. The van der Waals surface area contributed by atoms with Crippen LogP contribution in [0.3, 0.4) is 0 Å². The van der Waals surface area contributed by atoms with Gasteiger partial charge in [-0.05, 0) is 38.1 Å². The predicted molar refractivity (Wildman–Crippen MR) is 110 cm³/mol. The molecule has 0 aliphatic carbocycles. The summed E-state index contributed by atoms with van der Waals surface area (Å²) in [6, 6.07) is 6.40. The number of alkyl halides is 3. The quantitative estimate of drug-likeness (QED) is 0.568. The molecule has 0 bridgehead atoms. The Bertz CT molecular complexity index is 1150. The molecule has 1 heterocycles. The first kappa shape index (κ1) is 22.5. The summed E-state index contributed by atoms with van der Waals surface area (Å²) in [7, 11) is 0. The fraction of sp³-hybridized carbons (Fsp3) is 0.286. The van der Waals surface area contributed by atoms with Gasteiger partial charge in [0.2, 0.25) is 11.2 Å². The van der Waals surface area contributed by atoms with Crippen LogP contribution in [0.5, 0.6) is 5.75 Å². The van der Waals surface area contributed by atoms with E-state index < -0.39 is 22.9 Å². The molecule has 30 heavy (non-hydrogen) atoms. The minimum atomic E-state index is -4.96. The highest BCUT2D eigenvalue weighted by Gasteiger charge is 2.40. The molecule has 0 saturated carbocycles. The number of phenolic OH excluding ortho intramolecular Hbond substituents is 1. The summed E-state index contributed by atoms with van der Waals surface area (Å²) >= 11 is 11.9. The Kier molecular flexibility index (Phi) is 6.36. The fourth-order valence-electron chi connectivity index (χ4n) is 3.36. The van der Waals surface area contributed by atoms with Crippen molar-refractivity contribution in [3.8, 4) is 16.9 Å². The minimum Gasteiger partial charge on any atom is -0.507 e. The molecule has 3 aromatic rings. The van der Waals surface area contributed by atoms with Crippen LogP contribution in [-0.2, 0) is 12.7 Å². The number of fused-ring (bicyclic) bond motifs is 1. The van der Waals surface area contributed by atoms with Gasteiger partial charge in [-0.15, -0.1) is 0 Å². The van der Waals surface area contributed by atoms with Gasteiger partial charge in [0.1, 0.15) is 12.3 Å². The molecule has 0 radical (unpaired) electrons. The third-order valence-electron chi connectivity index (χ3n) is 5.02. The Morgan fingerprint density at radius 1 is 1.10 bits per heavy atom. The molecule has 0 fully saturated rings. The van der Waals surface area contributed by atoms with Gasteiger partial charge in [0.15, 0.2) is 5.58 Å². The first-order valence-corrected chi connectivity index (χ1v) is 10.0. The van der Waals surface area contributed by atoms with Crippen LogP contribution in [0.15, 0.2) is 39.5 Å². The standard InChI is InChI=1S/C21H18Cl2F3NO3/c1-3-27(4-2)10-14-16(28)8-7-13-18(29)17(12-6-5-11(22)9-15(12)23)20(21(24,25)26)30-19(13)14/h5-9,28H,3-4,10H2,1-2H3/p+1. The zero-order valence-corrected chi connectivity index (χ0v) is 17.7. The summed E-state index contributed by atoms with van der Waals surface area (Å²) in [5, 5.41) is 10.3. The van der Waals surface area contributed by atoms with E-state index in [0.29, 0.717) is 13.1 Å². The normalized spacial score (nSPS) is 12.1. The molecule has 2 aromatic carbocycles. The average molecular weight is 461 g/mol. The van der Waals surface area contributed by atoms with E-state index in [1.165, 1.54) is 30.3 Å². The van der Waals surface area contributed by atoms with Crippen LogP contribution in [0.2, 0.25) is 10.0 Å². The van der Waals surface area contributed by atoms with Crippen LogP contribution in [0.25, 0.3) is 22.1 Å². The van der Waals surface area contributed by atoms with Crippen LogP contribution >= 0.6 is 23.2 Å². The van der Waals surface area contributed by atoms with Gasteiger partial charge in [0, 0.05) is 10.6 Å². The number of nitrogens with one attached hydrogen (secondary N) is 1. The molecule has 0 unspecified atom stereocenters. The Morgan fingerprint density at radius 3 is 2.33 bits per heavy atom. The average Bonchev–Trinajstić information content (AvgIpc) is 2.67. The predicted octanol–water partition coefficient (Wildman–Crippen LogP) is 4.92. The molecule has 0 aliphatic rings. The number of rotatable bonds is 5. The van der Waals surface area contributed by atoms with Crippen LogP contribution in [-0.4, -0.2) is 18.2 Å². The number of halogens is 5. The molecule has 9 heteroatoms. The van der Waals surface area contributed by atoms with E-state index in [1.807, 2.05) is 13.8 Å². The first-order chi connectivity index (χ1) is 14.1. The van der Waals surface area contributed by atoms with Gasteiger partial charge in [-0.1, -0.05) is 29.3 Å². The van der Waals surface area contributed by atoms with E-state index in [1.54, 1.807) is 0 Å². The maximum atomic E-state index is 13.9. The zero-order valence-electron chi connectivity index (χ0n) is 16.2. The lowest BCUT2D eigenvalue weighted by Crippen LogP contribution is -3.10. The highest BCUT2D eigenvalue weighted by atomic mass is 35.5. The number of hydrogen-bond donors (Lipinski definition) is 2. The van der Waals surface area contributed by atoms with Gasteiger partial charge in [0.25, 0.3) is 0 Å². The lowest BCUT2D eigenvalue weighted by Gasteiger charge is -2.19. The third-order valence-corrected chi connectivity index (χ3v) is 5.57. The van der Waals surface area contributed by atoms with E-state index in [0.717, 1.165) is 4.90 Å². The maximum absolute atomic E-state index is 13.9. The van der Waals surface area contributed by atoms with Gasteiger partial charge in [-0.3, -0.25) is 4.79 Å². The van der Waals surface area contributed by atoms with Crippen LogP contribution < -0.4 is 10.3 Å². The first-order valence-electron chi connectivity index (χ1n) is 9.26. The Labute approximate surface area is 180 Å². The van der Waals surface area contributed by atoms with Gasteiger partial charge >= 0.3 is 6.18 Å². The van der Waals surface area contributed by atoms with Crippen molar-refractivity contribution in [2.24, 2.45) is 0 Å². The van der Waals surface area contributed by atoms with Crippen molar-refractivity contribution in [1.82, 2.24) is 0 Å². The van der Waals surface area contributed by atoms with Gasteiger partial charge in [-0.2, -0.15) is 13.2 Å². The topological polar surface area (TPSA) is 54.9 Å². The van der Waals surface area contributed by atoms with E-state index in [-0.39, 0.29) is 44.4 Å². The molecular formula is C21H19Cl2F3NO3+. The van der Waals surface area contributed by atoms with Crippen molar-refractivity contribution in [3.63, 3.8) is 0 Å². The second-order valence-electron chi connectivity index (χ2n) is 6.83. The van der Waals surface area contributed by atoms with Gasteiger partial charge < -0.3 is 14.4 Å². The molecule has 3 rings (SSSR count). The summed E-state index contributed by atoms with van der Waals surface area (Å²) < 4.78 is 47.0. The molecular weight excluding hydrogens is 442 g/mol. The van der Waals surface area contributed by atoms with Crippen molar-refractivity contribution in [2.45, 2.75) is 26.6 Å². The minimum absolute atomic E-state index is 0.0663. The number of quaternary nitrogens is 1. The monoisotopic (exact) mass is 460 g/mol. The lowest BCUT2D eigenvalue weighted by molar-refractivity contribution is -0.910. The van der Waals surface area contributed by atoms with Crippen molar-refractivity contribution in [1.29, 1.82) is 0 Å². The largest absolute Gasteiger partial charge is 0.507 e. The summed E-state index contributed by atoms with van der Waals surface area (Å²) in [4.78, 5) is 14.2. The Hall–Kier alpha value is -2.22. The molecule has 0 atom stereocenters. The van der Waals surface area contributed by atoms with E-state index >= 15 is 0 Å². The molecule has 2 N–H and O–H groups in total. The van der Waals surface area contributed by atoms with Gasteiger partial charge in [-0.25, -0.2) is 0 Å². The fourth-order valence-corrected chi connectivity index (χ4v) is 3.86. The van der Waals surface area contributed by atoms with Gasteiger partial charge in [0.05, 0.1) is 34.6 Å². The van der Waals surface area contributed by atoms with E-state index in [9.17, 15) is 23.1 Å². The summed E-state index contributed by atoms with van der Waals surface area (Å²) in [5.41, 5.74) is -1.83. The number of benzene rings is 2. The molecule has 160 valence electrons. The number of phenols is 1. The Morgan fingerprint density at radius 2 is 1.77 bits per heavy atom. The molecule has 4 nitrogen and oxygen atoms in total.